The van der Waals surface area contributed by atoms with Gasteiger partial charge in [0.05, 0.1) is 11.5 Å². The fraction of sp³-hybridized carbons (Fsp3) is 0.364. The highest BCUT2D eigenvalue weighted by Gasteiger charge is 2.14. The number of nitrogen functional groups attached to an aromatic ring is 1. The summed E-state index contributed by atoms with van der Waals surface area (Å²) in [6.07, 6.45) is 0. The van der Waals surface area contributed by atoms with E-state index in [0.717, 1.165) is 5.56 Å². The molecule has 0 radical (unpaired) electrons. The van der Waals surface area contributed by atoms with Crippen molar-refractivity contribution in [3.8, 4) is 0 Å². The lowest BCUT2D eigenvalue weighted by Crippen LogP contribution is -2.32. The second-order valence-corrected chi connectivity index (χ2v) is 4.10. The van der Waals surface area contributed by atoms with Gasteiger partial charge in [0.15, 0.2) is 0 Å². The Morgan fingerprint density at radius 2 is 2.21 bits per heavy atom. The van der Waals surface area contributed by atoms with Crippen LogP contribution in [0.5, 0.6) is 0 Å². The van der Waals surface area contributed by atoms with E-state index in [2.05, 4.69) is 10.7 Å². The summed E-state index contributed by atoms with van der Waals surface area (Å²) in [5.74, 6) is 5.16. The first kappa shape index (κ1) is 14.9. The van der Waals surface area contributed by atoms with Gasteiger partial charge in [0.25, 0.3) is 5.69 Å². The molecule has 1 rings (SSSR count). The fourth-order valence-corrected chi connectivity index (χ4v) is 1.65. The highest BCUT2D eigenvalue weighted by molar-refractivity contribution is 5.77. The van der Waals surface area contributed by atoms with Crippen molar-refractivity contribution in [1.82, 2.24) is 10.2 Å². The number of hydrogen-bond acceptors (Lipinski definition) is 6. The van der Waals surface area contributed by atoms with E-state index in [1.54, 1.807) is 31.1 Å². The van der Waals surface area contributed by atoms with Crippen LogP contribution in [-0.4, -0.2) is 36.4 Å². The number of benzene rings is 1. The molecular formula is C11H17N5O3. The van der Waals surface area contributed by atoms with Gasteiger partial charge in [-0.05, 0) is 18.7 Å². The van der Waals surface area contributed by atoms with Crippen molar-refractivity contribution in [3.05, 3.63) is 33.9 Å². The van der Waals surface area contributed by atoms with E-state index in [4.69, 9.17) is 5.84 Å². The average molecular weight is 267 g/mol. The molecule has 0 heterocycles. The second kappa shape index (κ2) is 6.66. The number of carbonyl (C=O) groups is 1. The number of anilines is 1. The highest BCUT2D eigenvalue weighted by atomic mass is 16.6. The minimum atomic E-state index is -0.507. The van der Waals surface area contributed by atoms with E-state index in [1.165, 1.54) is 6.07 Å². The maximum atomic E-state index is 11.2. The van der Waals surface area contributed by atoms with Crippen LogP contribution < -0.4 is 16.6 Å². The van der Waals surface area contributed by atoms with Crippen LogP contribution in [0.1, 0.15) is 5.56 Å². The van der Waals surface area contributed by atoms with Gasteiger partial charge in [-0.2, -0.15) is 0 Å². The SMILES string of the molecule is CNC(=O)CN(C)Cc1ccc([N+](=O)[O-])c(NN)c1. The lowest BCUT2D eigenvalue weighted by atomic mass is 10.1. The van der Waals surface area contributed by atoms with Crippen molar-refractivity contribution >= 4 is 17.3 Å². The zero-order valence-corrected chi connectivity index (χ0v) is 10.8. The molecule has 0 atom stereocenters. The van der Waals surface area contributed by atoms with E-state index in [1.807, 2.05) is 0 Å². The number of nitrogens with zero attached hydrogens (tertiary/aromatic N) is 2. The number of nitro benzene ring substituents is 1. The topological polar surface area (TPSA) is 114 Å². The molecule has 0 bridgehead atoms. The molecule has 0 unspecified atom stereocenters. The molecule has 1 aromatic rings. The lowest BCUT2D eigenvalue weighted by Gasteiger charge is -2.16. The van der Waals surface area contributed by atoms with Gasteiger partial charge in [0.2, 0.25) is 5.91 Å². The van der Waals surface area contributed by atoms with Crippen LogP contribution in [0.2, 0.25) is 0 Å². The number of likely N-dealkylation sites (N-methyl/N-ethyl adjacent to an activating group) is 2. The van der Waals surface area contributed by atoms with Gasteiger partial charge < -0.3 is 10.7 Å². The largest absolute Gasteiger partial charge is 0.358 e. The number of amides is 1. The van der Waals surface area contributed by atoms with Gasteiger partial charge in [-0.15, -0.1) is 0 Å². The first-order chi connectivity index (χ1) is 8.97. The first-order valence-electron chi connectivity index (χ1n) is 5.61. The molecule has 1 aromatic carbocycles. The molecule has 8 heteroatoms. The third kappa shape index (κ3) is 4.19. The molecule has 104 valence electrons. The number of nitrogens with one attached hydrogen (secondary N) is 2. The van der Waals surface area contributed by atoms with Crippen LogP contribution in [0.3, 0.4) is 0 Å². The summed E-state index contributed by atoms with van der Waals surface area (Å²) in [4.78, 5) is 23.2. The van der Waals surface area contributed by atoms with E-state index >= 15 is 0 Å². The molecule has 8 nitrogen and oxygen atoms in total. The Morgan fingerprint density at radius 1 is 1.53 bits per heavy atom. The molecular weight excluding hydrogens is 250 g/mol. The summed E-state index contributed by atoms with van der Waals surface area (Å²) >= 11 is 0. The summed E-state index contributed by atoms with van der Waals surface area (Å²) in [5.41, 5.74) is 3.29. The van der Waals surface area contributed by atoms with Gasteiger partial charge in [-0.1, -0.05) is 6.07 Å². The zero-order valence-electron chi connectivity index (χ0n) is 10.8. The van der Waals surface area contributed by atoms with Crippen LogP contribution in [0, 0.1) is 10.1 Å². The number of hydrogen-bond donors (Lipinski definition) is 3. The van der Waals surface area contributed by atoms with Crippen LogP contribution in [0.4, 0.5) is 11.4 Å². The highest BCUT2D eigenvalue weighted by Crippen LogP contribution is 2.24. The first-order valence-corrected chi connectivity index (χ1v) is 5.61. The Hall–Kier alpha value is -2.19. The second-order valence-electron chi connectivity index (χ2n) is 4.10. The maximum absolute atomic E-state index is 11.2. The van der Waals surface area contributed by atoms with Crippen molar-refractivity contribution in [2.45, 2.75) is 6.54 Å². The van der Waals surface area contributed by atoms with Crippen LogP contribution >= 0.6 is 0 Å². The smallest absolute Gasteiger partial charge is 0.293 e. The van der Waals surface area contributed by atoms with E-state index in [9.17, 15) is 14.9 Å². The summed E-state index contributed by atoms with van der Waals surface area (Å²) in [5, 5.41) is 13.3. The zero-order chi connectivity index (χ0) is 14.4. The van der Waals surface area contributed by atoms with E-state index in [-0.39, 0.29) is 23.8 Å². The standard InChI is InChI=1S/C11H17N5O3/c1-13-11(17)7-15(2)6-8-3-4-10(16(18)19)9(5-8)14-12/h3-5,14H,6-7,12H2,1-2H3,(H,13,17). The van der Waals surface area contributed by atoms with Gasteiger partial charge in [0, 0.05) is 19.7 Å². The predicted molar refractivity (Wildman–Crippen MR) is 71.3 cm³/mol. The monoisotopic (exact) mass is 267 g/mol. The Bertz CT molecular complexity index is 477. The molecule has 1 amide bonds. The number of rotatable bonds is 6. The third-order valence-electron chi connectivity index (χ3n) is 2.56. The molecule has 0 spiro atoms. The molecule has 0 fully saturated rings. The number of carbonyl (C=O) groups excluding carboxylic acids is 1. The van der Waals surface area contributed by atoms with Crippen molar-refractivity contribution in [3.63, 3.8) is 0 Å². The molecule has 0 aliphatic rings. The lowest BCUT2D eigenvalue weighted by molar-refractivity contribution is -0.384. The Labute approximate surface area is 110 Å². The normalized spacial score (nSPS) is 10.3. The van der Waals surface area contributed by atoms with Crippen molar-refractivity contribution in [2.24, 2.45) is 5.84 Å². The summed E-state index contributed by atoms with van der Waals surface area (Å²) in [7, 11) is 3.35. The van der Waals surface area contributed by atoms with E-state index < -0.39 is 4.92 Å². The summed E-state index contributed by atoms with van der Waals surface area (Å²) in [6, 6.07) is 4.62. The average Bonchev–Trinajstić information content (AvgIpc) is 2.37. The number of nitro groups is 1. The van der Waals surface area contributed by atoms with Crippen molar-refractivity contribution in [2.75, 3.05) is 26.1 Å². The Balaban J connectivity index is 2.80. The molecule has 19 heavy (non-hydrogen) atoms. The van der Waals surface area contributed by atoms with Crippen LogP contribution in [0.15, 0.2) is 18.2 Å². The Morgan fingerprint density at radius 3 is 2.74 bits per heavy atom. The summed E-state index contributed by atoms with van der Waals surface area (Å²) in [6.45, 7) is 0.735. The molecule has 0 aliphatic carbocycles. The van der Waals surface area contributed by atoms with Gasteiger partial charge >= 0.3 is 0 Å². The van der Waals surface area contributed by atoms with Gasteiger partial charge in [-0.25, -0.2) is 0 Å². The number of hydrazine groups is 1. The molecule has 0 saturated carbocycles. The van der Waals surface area contributed by atoms with Crippen molar-refractivity contribution < 1.29 is 9.72 Å². The van der Waals surface area contributed by atoms with Gasteiger partial charge in [-0.3, -0.25) is 25.7 Å². The minimum Gasteiger partial charge on any atom is -0.358 e. The number of nitrogens with two attached hydrogens (primary N) is 1. The summed E-state index contributed by atoms with van der Waals surface area (Å²) < 4.78 is 0. The quantitative estimate of drug-likeness (QED) is 0.381. The third-order valence-corrected chi connectivity index (χ3v) is 2.56. The van der Waals surface area contributed by atoms with Crippen molar-refractivity contribution in [1.29, 1.82) is 0 Å². The molecule has 0 saturated heterocycles. The maximum Gasteiger partial charge on any atom is 0.293 e. The minimum absolute atomic E-state index is 0.0831. The van der Waals surface area contributed by atoms with Crippen LogP contribution in [0.25, 0.3) is 0 Å². The predicted octanol–water partition coefficient (Wildman–Crippen LogP) is 0.0582. The van der Waals surface area contributed by atoms with Crippen LogP contribution in [-0.2, 0) is 11.3 Å². The van der Waals surface area contributed by atoms with Gasteiger partial charge in [0.1, 0.15) is 5.69 Å². The molecule has 4 N–H and O–H groups in total. The molecule has 0 aromatic heterocycles. The fourth-order valence-electron chi connectivity index (χ4n) is 1.65. The Kier molecular flexibility index (Phi) is 5.22. The molecule has 0 aliphatic heterocycles. The van der Waals surface area contributed by atoms with E-state index in [0.29, 0.717) is 6.54 Å².